The number of benzene rings is 1. The van der Waals surface area contributed by atoms with Crippen LogP contribution in [0.4, 0.5) is 17.6 Å². The number of quaternary nitrogens is 1. The summed E-state index contributed by atoms with van der Waals surface area (Å²) in [6.45, 7) is 7.53. The number of H-pyrrole nitrogens is 1. The van der Waals surface area contributed by atoms with Crippen molar-refractivity contribution in [2.75, 3.05) is 26.2 Å². The molecule has 2 aromatic heterocycles. The minimum absolute atomic E-state index is 0.0665. The van der Waals surface area contributed by atoms with Crippen LogP contribution in [0.3, 0.4) is 0 Å². The van der Waals surface area contributed by atoms with E-state index >= 15 is 0 Å². The number of aliphatic carboxylic acids is 1. The number of carbonyl (C=O) groups is 2. The molecule has 40 heavy (non-hydrogen) atoms. The molecule has 0 saturated carbocycles. The van der Waals surface area contributed by atoms with Crippen LogP contribution in [0.1, 0.15) is 48.3 Å². The number of halogens is 6. The molecule has 218 valence electrons. The lowest BCUT2D eigenvalue weighted by molar-refractivity contribution is -0.921. The highest BCUT2D eigenvalue weighted by Crippen LogP contribution is 2.27. The first kappa shape index (κ1) is 31.4. The summed E-state index contributed by atoms with van der Waals surface area (Å²) >= 11 is 12.4. The highest BCUT2D eigenvalue weighted by atomic mass is 35.5. The van der Waals surface area contributed by atoms with E-state index in [1.54, 1.807) is 27.6 Å². The molecule has 2 atom stereocenters. The third-order valence-electron chi connectivity index (χ3n) is 6.89. The minimum atomic E-state index is -5.19. The highest BCUT2D eigenvalue weighted by molar-refractivity contribution is 6.42. The number of nitrogens with one attached hydrogen (secondary N) is 2. The third kappa shape index (κ3) is 7.35. The zero-order valence-electron chi connectivity index (χ0n) is 21.7. The molecule has 2 unspecified atom stereocenters. The number of hydrogen-bond donors (Lipinski definition) is 2. The Morgan fingerprint density at radius 1 is 1.18 bits per heavy atom. The number of amides is 1. The van der Waals surface area contributed by atoms with Crippen molar-refractivity contribution >= 4 is 40.6 Å². The standard InChI is InChI=1S/C24H27Cl2FN4O2.C2HF3O2/c1-3-15(2)29-7-4-8-30(10-9-29)24(33)18-12-16(5-6-20(18)27)11-17-14-28-23(32)21-13-19(25)22(26)31(17)21;3-2(4,5)1(6)7/h5-6,12-15H,3-4,7-11H2,1-2H3,(H,28,32);(H,6,7). The van der Waals surface area contributed by atoms with Gasteiger partial charge in [-0.1, -0.05) is 36.2 Å². The molecule has 1 aliphatic rings. The van der Waals surface area contributed by atoms with Crippen LogP contribution in [0.5, 0.6) is 0 Å². The second-order valence-electron chi connectivity index (χ2n) is 9.50. The van der Waals surface area contributed by atoms with Gasteiger partial charge in [-0.25, -0.2) is 4.39 Å². The van der Waals surface area contributed by atoms with E-state index in [0.717, 1.165) is 31.5 Å². The third-order valence-corrected chi connectivity index (χ3v) is 7.65. The van der Waals surface area contributed by atoms with Crippen molar-refractivity contribution in [3.63, 3.8) is 0 Å². The van der Waals surface area contributed by atoms with E-state index in [1.807, 2.05) is 0 Å². The van der Waals surface area contributed by atoms with Gasteiger partial charge < -0.3 is 24.7 Å². The van der Waals surface area contributed by atoms with Gasteiger partial charge >= 0.3 is 6.18 Å². The number of alkyl halides is 3. The number of carbonyl (C=O) groups excluding carboxylic acids is 2. The molecular weight excluding hydrogens is 579 g/mol. The van der Waals surface area contributed by atoms with Crippen LogP contribution in [0.15, 0.2) is 35.3 Å². The molecule has 0 bridgehead atoms. The van der Waals surface area contributed by atoms with Gasteiger partial charge in [0.05, 0.1) is 36.3 Å². The lowest BCUT2D eigenvalue weighted by Gasteiger charge is -2.24. The van der Waals surface area contributed by atoms with E-state index in [9.17, 15) is 27.2 Å². The van der Waals surface area contributed by atoms with Gasteiger partial charge in [-0.05, 0) is 37.1 Å². The van der Waals surface area contributed by atoms with Gasteiger partial charge in [-0.15, -0.1) is 0 Å². The van der Waals surface area contributed by atoms with Crippen LogP contribution < -0.4 is 15.6 Å². The van der Waals surface area contributed by atoms with Crippen LogP contribution in [0.2, 0.25) is 10.2 Å². The Bertz CT molecular complexity index is 1440. The summed E-state index contributed by atoms with van der Waals surface area (Å²) in [5, 5.41) is 9.30. The Kier molecular flexibility index (Phi) is 10.3. The molecule has 4 rings (SSSR count). The molecule has 0 spiro atoms. The van der Waals surface area contributed by atoms with Crippen LogP contribution in [-0.2, 0) is 11.2 Å². The summed E-state index contributed by atoms with van der Waals surface area (Å²) in [5.41, 5.74) is 1.50. The highest BCUT2D eigenvalue weighted by Gasteiger charge is 2.29. The number of rotatable bonds is 5. The lowest BCUT2D eigenvalue weighted by atomic mass is 10.0. The molecule has 1 fully saturated rings. The fourth-order valence-corrected chi connectivity index (χ4v) is 4.99. The molecule has 3 heterocycles. The molecule has 3 aromatic rings. The second kappa shape index (κ2) is 13.0. The average Bonchev–Trinajstić information content (AvgIpc) is 3.06. The van der Waals surface area contributed by atoms with E-state index in [4.69, 9.17) is 33.1 Å². The monoisotopic (exact) mass is 606 g/mol. The van der Waals surface area contributed by atoms with Crippen molar-refractivity contribution in [3.05, 3.63) is 73.6 Å². The molecule has 1 aromatic carbocycles. The van der Waals surface area contributed by atoms with E-state index < -0.39 is 18.0 Å². The zero-order chi connectivity index (χ0) is 29.8. The molecule has 0 radical (unpaired) electrons. The molecular formula is C26H28Cl2F4N4O4. The molecule has 2 N–H and O–H groups in total. The maximum Gasteiger partial charge on any atom is 0.430 e. The number of aromatic amines is 1. The van der Waals surface area contributed by atoms with E-state index in [-0.39, 0.29) is 27.2 Å². The van der Waals surface area contributed by atoms with Gasteiger partial charge in [-0.2, -0.15) is 13.2 Å². The number of aromatic nitrogens is 2. The Morgan fingerprint density at radius 2 is 1.85 bits per heavy atom. The van der Waals surface area contributed by atoms with Crippen LogP contribution in [0, 0.1) is 5.82 Å². The number of carboxylic acid groups (broad SMARTS) is 1. The van der Waals surface area contributed by atoms with Crippen LogP contribution in [-0.4, -0.2) is 64.6 Å². The summed E-state index contributed by atoms with van der Waals surface area (Å²) in [5.74, 6) is -3.83. The summed E-state index contributed by atoms with van der Waals surface area (Å²) < 4.78 is 47.8. The topological polar surface area (TPSA) is 102 Å². The van der Waals surface area contributed by atoms with E-state index in [0.29, 0.717) is 36.8 Å². The van der Waals surface area contributed by atoms with Gasteiger partial charge in [0.1, 0.15) is 22.5 Å². The zero-order valence-corrected chi connectivity index (χ0v) is 23.2. The summed E-state index contributed by atoms with van der Waals surface area (Å²) in [6.07, 6.45) is -1.31. The minimum Gasteiger partial charge on any atom is -0.542 e. The van der Waals surface area contributed by atoms with Crippen molar-refractivity contribution in [2.45, 2.75) is 45.3 Å². The van der Waals surface area contributed by atoms with Gasteiger partial charge in [0.15, 0.2) is 0 Å². The van der Waals surface area contributed by atoms with E-state index in [1.165, 1.54) is 17.0 Å². The number of hydrogen-bond acceptors (Lipinski definition) is 4. The summed E-state index contributed by atoms with van der Waals surface area (Å²) in [7, 11) is 0. The molecule has 1 saturated heterocycles. The SMILES string of the molecule is CCC(C)[NH+]1CCCN(C(=O)c2cc(Cc3c[nH]c(=O)c4cc(Cl)c(Cl)n34)ccc2F)CC1.O=C([O-])C(F)(F)F. The summed E-state index contributed by atoms with van der Waals surface area (Å²) in [6, 6.07) is 6.61. The quantitative estimate of drug-likeness (QED) is 0.436. The van der Waals surface area contributed by atoms with Gasteiger partial charge in [-0.3, -0.25) is 14.0 Å². The van der Waals surface area contributed by atoms with Crippen LogP contribution in [0.25, 0.3) is 5.52 Å². The summed E-state index contributed by atoms with van der Waals surface area (Å²) in [4.78, 5) is 40.1. The number of fused-ring (bicyclic) bond motifs is 1. The normalized spacial score (nSPS) is 16.7. The fraction of sp³-hybridized carbons (Fsp3) is 0.423. The Hall–Kier alpha value is -3.09. The Morgan fingerprint density at radius 3 is 2.48 bits per heavy atom. The first-order chi connectivity index (χ1) is 18.7. The van der Waals surface area contributed by atoms with Crippen molar-refractivity contribution in [1.29, 1.82) is 0 Å². The largest absolute Gasteiger partial charge is 0.542 e. The van der Waals surface area contributed by atoms with Gasteiger partial charge in [0.25, 0.3) is 11.5 Å². The number of carboxylic acids is 1. The molecule has 8 nitrogen and oxygen atoms in total. The Labute approximate surface area is 237 Å². The molecule has 14 heteroatoms. The lowest BCUT2D eigenvalue weighted by Crippen LogP contribution is -3.15. The molecule has 0 aliphatic carbocycles. The molecule has 1 amide bonds. The predicted molar refractivity (Wildman–Crippen MR) is 139 cm³/mol. The second-order valence-corrected chi connectivity index (χ2v) is 10.3. The Balaban J connectivity index is 0.000000559. The predicted octanol–water partition coefficient (Wildman–Crippen LogP) is 2.49. The first-order valence-corrected chi connectivity index (χ1v) is 13.3. The van der Waals surface area contributed by atoms with Crippen LogP contribution >= 0.6 is 23.2 Å². The van der Waals surface area contributed by atoms with Crippen molar-refractivity contribution in [2.24, 2.45) is 0 Å². The maximum atomic E-state index is 14.7. The van der Waals surface area contributed by atoms with Crippen molar-refractivity contribution in [3.8, 4) is 0 Å². The van der Waals surface area contributed by atoms with Crippen molar-refractivity contribution in [1.82, 2.24) is 14.3 Å². The van der Waals surface area contributed by atoms with E-state index in [2.05, 4.69) is 18.8 Å². The maximum absolute atomic E-state index is 14.7. The first-order valence-electron chi connectivity index (χ1n) is 12.5. The fourth-order valence-electron chi connectivity index (χ4n) is 4.54. The average molecular weight is 607 g/mol. The smallest absolute Gasteiger partial charge is 0.430 e. The van der Waals surface area contributed by atoms with Gasteiger partial charge in [0, 0.05) is 31.3 Å². The van der Waals surface area contributed by atoms with Crippen molar-refractivity contribution < 1.29 is 37.2 Å². The molecule has 1 aliphatic heterocycles. The number of nitrogens with zero attached hydrogens (tertiary/aromatic N) is 2. The van der Waals surface area contributed by atoms with Gasteiger partial charge in [0.2, 0.25) is 0 Å².